The zero-order valence-corrected chi connectivity index (χ0v) is 29.5. The molecule has 3 rings (SSSR count). The van der Waals surface area contributed by atoms with Gasteiger partial charge in [0.15, 0.2) is 5.78 Å². The van der Waals surface area contributed by atoms with Crippen LogP contribution in [0.25, 0.3) is 0 Å². The molecule has 0 spiro atoms. The number of allylic oxidation sites excluding steroid dienone is 8. The van der Waals surface area contributed by atoms with E-state index in [0.717, 1.165) is 38.2 Å². The van der Waals surface area contributed by atoms with Gasteiger partial charge in [-0.2, -0.15) is 0 Å². The number of fused-ring (bicyclic) bond motifs is 2. The first-order valence-electron chi connectivity index (χ1n) is 16.7. The molecule has 3 N–H and O–H groups in total. The Bertz CT molecular complexity index is 1390. The predicted octanol–water partition coefficient (Wildman–Crippen LogP) is 4.95. The molecular formula is C37H50N2O8S. The molecule has 0 aromatic rings. The van der Waals surface area contributed by atoms with Crippen molar-refractivity contribution in [2.75, 3.05) is 13.4 Å². The van der Waals surface area contributed by atoms with Gasteiger partial charge in [0.25, 0.3) is 0 Å². The Morgan fingerprint density at radius 1 is 1.08 bits per heavy atom. The first-order chi connectivity index (χ1) is 23.0. The van der Waals surface area contributed by atoms with Gasteiger partial charge in [0.1, 0.15) is 12.1 Å². The largest absolute Gasteiger partial charge is 0.460 e. The number of carbonyl (C=O) groups excluding carboxylic acids is 5. The fourth-order valence-corrected chi connectivity index (χ4v) is 6.70. The number of ether oxygens (including phenoxy) is 2. The van der Waals surface area contributed by atoms with E-state index in [0.29, 0.717) is 28.9 Å². The minimum Gasteiger partial charge on any atom is -0.460 e. The van der Waals surface area contributed by atoms with E-state index in [2.05, 4.69) is 10.6 Å². The molecule has 2 aliphatic carbocycles. The molecule has 0 radical (unpaired) electrons. The molecule has 1 fully saturated rings. The molecule has 5 unspecified atom stereocenters. The maximum atomic E-state index is 13.4. The number of thioether (sulfide) groups is 1. The maximum Gasteiger partial charge on any atom is 0.328 e. The summed E-state index contributed by atoms with van der Waals surface area (Å²) in [6.07, 6.45) is 18.6. The fourth-order valence-electron chi connectivity index (χ4n) is 6.00. The van der Waals surface area contributed by atoms with Crippen molar-refractivity contribution in [3.8, 4) is 0 Å². The summed E-state index contributed by atoms with van der Waals surface area (Å²) in [6.45, 7) is 5.18. The molecule has 262 valence electrons. The van der Waals surface area contributed by atoms with Crippen LogP contribution in [0.2, 0.25) is 0 Å². The van der Waals surface area contributed by atoms with Gasteiger partial charge in [0, 0.05) is 37.0 Å². The smallest absolute Gasteiger partial charge is 0.328 e. The van der Waals surface area contributed by atoms with Crippen molar-refractivity contribution in [2.45, 2.75) is 103 Å². The van der Waals surface area contributed by atoms with Gasteiger partial charge < -0.3 is 25.2 Å². The highest BCUT2D eigenvalue weighted by molar-refractivity contribution is 8.03. The molecule has 1 saturated carbocycles. The van der Waals surface area contributed by atoms with Gasteiger partial charge in [-0.3, -0.25) is 19.2 Å². The van der Waals surface area contributed by atoms with Crippen molar-refractivity contribution in [2.24, 2.45) is 11.8 Å². The van der Waals surface area contributed by atoms with E-state index in [4.69, 9.17) is 9.47 Å². The molecule has 3 aliphatic rings. The standard InChI is InChI=1S/C37H50N2O8S/c1-23-15-14-19-28-34(43)29(22-30(40)35(28)48-5)39-32(41)21-27(46-4)18-12-7-6-8-13-20-31(24(2)33(23)42)47-37(45)25(3)38-36(44)26-16-10-9-11-17-26/h6-8,12-13,15,18,22,24-27,31,33,42H,9-11,14,16-17,19-21H2,1-5H3,(H,38,44)(H,39,41)/b7-6-,13-8-,18-12?,23-15-. The number of carbonyl (C=O) groups is 5. The molecule has 2 amide bonds. The van der Waals surface area contributed by atoms with Gasteiger partial charge >= 0.3 is 5.97 Å². The molecule has 1 heterocycles. The van der Waals surface area contributed by atoms with Crippen LogP contribution in [0.5, 0.6) is 0 Å². The third-order valence-corrected chi connectivity index (χ3v) is 9.85. The fraction of sp³-hybridized carbons (Fsp3) is 0.541. The van der Waals surface area contributed by atoms with Gasteiger partial charge in [-0.15, -0.1) is 11.8 Å². The molecule has 2 bridgehead atoms. The Balaban J connectivity index is 1.84. The van der Waals surface area contributed by atoms with Crippen LogP contribution < -0.4 is 10.6 Å². The molecule has 0 saturated heterocycles. The number of nitrogens with one attached hydrogen (secondary N) is 2. The van der Waals surface area contributed by atoms with Crippen LogP contribution >= 0.6 is 11.8 Å². The maximum absolute atomic E-state index is 13.4. The number of hydrogen-bond donors (Lipinski definition) is 3. The predicted molar refractivity (Wildman–Crippen MR) is 186 cm³/mol. The highest BCUT2D eigenvalue weighted by Gasteiger charge is 2.32. The van der Waals surface area contributed by atoms with Crippen LogP contribution in [0, 0.1) is 11.8 Å². The molecule has 10 nitrogen and oxygen atoms in total. The average Bonchev–Trinajstić information content (AvgIpc) is 3.07. The van der Waals surface area contributed by atoms with E-state index in [1.54, 1.807) is 57.4 Å². The van der Waals surface area contributed by atoms with Crippen LogP contribution in [0.15, 0.2) is 70.4 Å². The zero-order chi connectivity index (χ0) is 35.2. The lowest BCUT2D eigenvalue weighted by Gasteiger charge is -2.29. The summed E-state index contributed by atoms with van der Waals surface area (Å²) in [7, 11) is 1.47. The molecule has 11 heteroatoms. The minimum absolute atomic E-state index is 0.0613. The molecule has 0 aromatic heterocycles. The van der Waals surface area contributed by atoms with E-state index in [1.807, 2.05) is 12.2 Å². The summed E-state index contributed by atoms with van der Waals surface area (Å²) in [5, 5.41) is 16.7. The zero-order valence-electron chi connectivity index (χ0n) is 28.7. The molecule has 0 aromatic carbocycles. The summed E-state index contributed by atoms with van der Waals surface area (Å²) >= 11 is 1.18. The van der Waals surface area contributed by atoms with Crippen LogP contribution in [0.3, 0.4) is 0 Å². The normalized spacial score (nSPS) is 28.6. The lowest BCUT2D eigenvalue weighted by molar-refractivity contribution is -0.156. The number of rotatable bonds is 6. The quantitative estimate of drug-likeness (QED) is 0.201. The van der Waals surface area contributed by atoms with Gasteiger partial charge in [-0.05, 0) is 51.4 Å². The second-order valence-corrected chi connectivity index (χ2v) is 13.4. The first kappa shape index (κ1) is 38.9. The molecular weight excluding hydrogens is 632 g/mol. The summed E-state index contributed by atoms with van der Waals surface area (Å²) < 4.78 is 11.3. The van der Waals surface area contributed by atoms with E-state index in [9.17, 15) is 29.1 Å². The Labute approximate surface area is 288 Å². The number of esters is 1. The number of aliphatic hydroxyl groups is 1. The molecule has 1 aliphatic heterocycles. The van der Waals surface area contributed by atoms with E-state index >= 15 is 0 Å². The van der Waals surface area contributed by atoms with E-state index in [1.165, 1.54) is 18.9 Å². The van der Waals surface area contributed by atoms with Gasteiger partial charge in [0.2, 0.25) is 17.6 Å². The van der Waals surface area contributed by atoms with Gasteiger partial charge in [-0.1, -0.05) is 68.7 Å². The summed E-state index contributed by atoms with van der Waals surface area (Å²) in [6, 6.07) is -0.844. The van der Waals surface area contributed by atoms with E-state index < -0.39 is 47.9 Å². The number of methoxy groups -OCH3 is 1. The van der Waals surface area contributed by atoms with Crippen molar-refractivity contribution in [1.29, 1.82) is 0 Å². The Kier molecular flexibility index (Phi) is 15.8. The Hall–Kier alpha value is -3.54. The van der Waals surface area contributed by atoms with Crippen LogP contribution in [-0.2, 0) is 33.4 Å². The van der Waals surface area contributed by atoms with Gasteiger partial charge in [-0.25, -0.2) is 4.79 Å². The Morgan fingerprint density at radius 3 is 2.48 bits per heavy atom. The first-order valence-corrected chi connectivity index (χ1v) is 17.9. The number of amides is 2. The van der Waals surface area contributed by atoms with Crippen LogP contribution in [-0.4, -0.2) is 72.2 Å². The van der Waals surface area contributed by atoms with Crippen molar-refractivity contribution >= 4 is 41.1 Å². The second-order valence-electron chi connectivity index (χ2n) is 12.6. The van der Waals surface area contributed by atoms with E-state index in [-0.39, 0.29) is 36.1 Å². The lowest BCUT2D eigenvalue weighted by atomic mass is 9.88. The monoisotopic (exact) mass is 682 g/mol. The van der Waals surface area contributed by atoms with Crippen molar-refractivity contribution in [3.63, 3.8) is 0 Å². The topological polar surface area (TPSA) is 148 Å². The summed E-state index contributed by atoms with van der Waals surface area (Å²) in [5.41, 5.74) is 0.853. The number of ketones is 2. The average molecular weight is 683 g/mol. The van der Waals surface area contributed by atoms with Crippen molar-refractivity contribution < 1.29 is 38.6 Å². The third kappa shape index (κ3) is 11.3. The number of hydrogen-bond acceptors (Lipinski definition) is 9. The SMILES string of the molecule is COC1C=C/C=C\C=C/CC(OC(=O)C(C)NC(=O)C2CCCCC2)C(C)C(O)/C(C)=C\CCC2=C(SC)C(=O)C=C(NC(=O)C1)C2=O. The lowest BCUT2D eigenvalue weighted by Crippen LogP contribution is -2.45. The van der Waals surface area contributed by atoms with Crippen molar-refractivity contribution in [1.82, 2.24) is 10.6 Å². The Morgan fingerprint density at radius 2 is 1.79 bits per heavy atom. The number of aliphatic hydroxyl groups excluding tert-OH is 1. The molecule has 48 heavy (non-hydrogen) atoms. The van der Waals surface area contributed by atoms with Crippen molar-refractivity contribution in [3.05, 3.63) is 70.4 Å². The van der Waals surface area contributed by atoms with Gasteiger partial charge in [0.05, 0.1) is 29.2 Å². The summed E-state index contributed by atoms with van der Waals surface area (Å²) in [4.78, 5) is 65.3. The number of Topliss-reactive ketones (excluding diaryl/α,β-unsaturated/α-hetero) is 1. The molecule has 5 atom stereocenters. The second kappa shape index (κ2) is 19.5. The summed E-state index contributed by atoms with van der Waals surface area (Å²) in [5.74, 6) is -2.55. The minimum atomic E-state index is -0.977. The third-order valence-electron chi connectivity index (χ3n) is 8.99. The van der Waals surface area contributed by atoms with Crippen LogP contribution in [0.4, 0.5) is 0 Å². The highest BCUT2D eigenvalue weighted by atomic mass is 32.2. The van der Waals surface area contributed by atoms with Crippen LogP contribution in [0.1, 0.15) is 78.6 Å². The highest BCUT2D eigenvalue weighted by Crippen LogP contribution is 2.30.